The minimum atomic E-state index is -0.441. The minimum Gasteiger partial charge on any atom is -0.504 e. The first-order chi connectivity index (χ1) is 13.5. The van der Waals surface area contributed by atoms with Crippen molar-refractivity contribution in [3.63, 3.8) is 0 Å². The van der Waals surface area contributed by atoms with Gasteiger partial charge in [-0.3, -0.25) is 9.48 Å². The Kier molecular flexibility index (Phi) is 6.48. The highest BCUT2D eigenvalue weighted by Gasteiger charge is 2.15. The van der Waals surface area contributed by atoms with Gasteiger partial charge in [0, 0.05) is 10.7 Å². The second-order valence-corrected chi connectivity index (χ2v) is 7.55. The van der Waals surface area contributed by atoms with Gasteiger partial charge >= 0.3 is 0 Å². The molecule has 7 nitrogen and oxygen atoms in total. The van der Waals surface area contributed by atoms with Gasteiger partial charge in [-0.25, -0.2) is 5.43 Å². The molecule has 2 aromatic carbocycles. The molecule has 0 aliphatic carbocycles. The highest BCUT2D eigenvalue weighted by molar-refractivity contribution is 9.10. The molecule has 0 unspecified atom stereocenters. The van der Waals surface area contributed by atoms with Gasteiger partial charge in [-0.05, 0) is 57.4 Å². The third kappa shape index (κ3) is 4.99. The van der Waals surface area contributed by atoms with Crippen LogP contribution in [0, 0.1) is 0 Å². The summed E-state index contributed by atoms with van der Waals surface area (Å²) < 4.78 is 8.29. The molecule has 28 heavy (non-hydrogen) atoms. The summed E-state index contributed by atoms with van der Waals surface area (Å²) >= 11 is 6.76. The van der Waals surface area contributed by atoms with Gasteiger partial charge in [0.1, 0.15) is 0 Å². The summed E-state index contributed by atoms with van der Waals surface area (Å²) in [5.74, 6) is -0.0861. The Balaban J connectivity index is 1.66. The monoisotopic (exact) mass is 506 g/mol. The zero-order chi connectivity index (χ0) is 20.1. The van der Waals surface area contributed by atoms with Crippen LogP contribution < -0.4 is 10.2 Å². The van der Waals surface area contributed by atoms with E-state index < -0.39 is 5.91 Å². The van der Waals surface area contributed by atoms with E-state index in [-0.39, 0.29) is 11.4 Å². The number of hydrogen-bond donors (Lipinski definition) is 2. The van der Waals surface area contributed by atoms with Crippen LogP contribution in [0.25, 0.3) is 0 Å². The van der Waals surface area contributed by atoms with Gasteiger partial charge in [-0.15, -0.1) is 0 Å². The summed E-state index contributed by atoms with van der Waals surface area (Å²) in [6.45, 7) is 0.537. The van der Waals surface area contributed by atoms with E-state index in [1.165, 1.54) is 19.4 Å². The summed E-state index contributed by atoms with van der Waals surface area (Å²) in [6.07, 6.45) is 3.19. The Morgan fingerprint density at radius 2 is 2.04 bits per heavy atom. The number of nitrogens with one attached hydrogen (secondary N) is 1. The number of ether oxygens (including phenoxy) is 1. The predicted molar refractivity (Wildman–Crippen MR) is 113 cm³/mol. The predicted octanol–water partition coefficient (Wildman–Crippen LogP) is 3.93. The van der Waals surface area contributed by atoms with E-state index in [1.54, 1.807) is 23.0 Å². The molecule has 3 rings (SSSR count). The standard InChI is InChI=1S/C19H16Br2N4O3/c1-28-17-8-13(4-7-16(17)26)9-22-23-19(27)18-15(21)11-25(24-18)10-12-2-5-14(20)6-3-12/h2-9,11,26H,10H2,1H3,(H,23,27)/b22-9-. The van der Waals surface area contributed by atoms with Crippen LogP contribution in [0.5, 0.6) is 11.5 Å². The van der Waals surface area contributed by atoms with Crippen LogP contribution in [-0.4, -0.2) is 34.1 Å². The highest BCUT2D eigenvalue weighted by Crippen LogP contribution is 2.25. The SMILES string of the molecule is COc1cc(/C=N\NC(=O)c2nn(Cc3ccc(Br)cc3)cc2Br)ccc1O. The van der Waals surface area contributed by atoms with Crippen molar-refractivity contribution < 1.29 is 14.6 Å². The zero-order valence-electron chi connectivity index (χ0n) is 14.8. The van der Waals surface area contributed by atoms with Gasteiger partial charge in [0.2, 0.25) is 0 Å². The molecule has 0 saturated heterocycles. The zero-order valence-corrected chi connectivity index (χ0v) is 17.9. The lowest BCUT2D eigenvalue weighted by Crippen LogP contribution is -2.19. The molecule has 1 aromatic heterocycles. The molecular weight excluding hydrogens is 492 g/mol. The number of phenolic OH excluding ortho intramolecular Hbond substituents is 1. The quantitative estimate of drug-likeness (QED) is 0.390. The number of nitrogens with zero attached hydrogens (tertiary/aromatic N) is 3. The maximum Gasteiger partial charge on any atom is 0.293 e. The van der Waals surface area contributed by atoms with Crippen molar-refractivity contribution >= 4 is 44.0 Å². The molecule has 0 radical (unpaired) electrons. The van der Waals surface area contributed by atoms with Crippen LogP contribution in [0.2, 0.25) is 0 Å². The summed E-state index contributed by atoms with van der Waals surface area (Å²) in [4.78, 5) is 12.3. The molecule has 0 aliphatic rings. The van der Waals surface area contributed by atoms with Crippen molar-refractivity contribution in [1.82, 2.24) is 15.2 Å². The number of hydrazone groups is 1. The largest absolute Gasteiger partial charge is 0.504 e. The molecule has 0 atom stereocenters. The molecule has 1 amide bonds. The number of aromatic nitrogens is 2. The van der Waals surface area contributed by atoms with E-state index >= 15 is 0 Å². The normalized spacial score (nSPS) is 11.0. The lowest BCUT2D eigenvalue weighted by Gasteiger charge is -2.03. The van der Waals surface area contributed by atoms with Gasteiger partial charge in [0.05, 0.1) is 24.3 Å². The van der Waals surface area contributed by atoms with Crippen LogP contribution in [0.3, 0.4) is 0 Å². The van der Waals surface area contributed by atoms with Crippen LogP contribution in [0.1, 0.15) is 21.6 Å². The van der Waals surface area contributed by atoms with Crippen molar-refractivity contribution in [2.24, 2.45) is 5.10 Å². The average molecular weight is 508 g/mol. The van der Waals surface area contributed by atoms with E-state index in [0.29, 0.717) is 22.3 Å². The number of amides is 1. The van der Waals surface area contributed by atoms with Gasteiger partial charge in [-0.2, -0.15) is 10.2 Å². The average Bonchev–Trinajstić information content (AvgIpc) is 3.05. The molecule has 0 aliphatic heterocycles. The maximum atomic E-state index is 12.3. The van der Waals surface area contributed by atoms with Crippen LogP contribution in [-0.2, 0) is 6.54 Å². The molecule has 1 heterocycles. The van der Waals surface area contributed by atoms with Crippen LogP contribution in [0.4, 0.5) is 0 Å². The van der Waals surface area contributed by atoms with E-state index in [4.69, 9.17) is 4.74 Å². The van der Waals surface area contributed by atoms with E-state index in [1.807, 2.05) is 24.3 Å². The van der Waals surface area contributed by atoms with Crippen molar-refractivity contribution in [2.75, 3.05) is 7.11 Å². The maximum absolute atomic E-state index is 12.3. The number of hydrogen-bond acceptors (Lipinski definition) is 5. The number of carbonyl (C=O) groups is 1. The summed E-state index contributed by atoms with van der Waals surface area (Å²) in [5.41, 5.74) is 4.40. The van der Waals surface area contributed by atoms with Gasteiger partial charge in [-0.1, -0.05) is 28.1 Å². The molecule has 0 saturated carbocycles. The molecule has 0 spiro atoms. The third-order valence-corrected chi connectivity index (χ3v) is 4.88. The first kappa shape index (κ1) is 20.1. The Bertz CT molecular complexity index is 1020. The van der Waals surface area contributed by atoms with Crippen LogP contribution in [0.15, 0.2) is 62.7 Å². The smallest absolute Gasteiger partial charge is 0.293 e. The van der Waals surface area contributed by atoms with Crippen molar-refractivity contribution in [3.8, 4) is 11.5 Å². The second-order valence-electron chi connectivity index (χ2n) is 5.78. The third-order valence-electron chi connectivity index (χ3n) is 3.77. The number of benzene rings is 2. The fourth-order valence-corrected chi connectivity index (χ4v) is 3.16. The van der Waals surface area contributed by atoms with Crippen molar-refractivity contribution in [1.29, 1.82) is 0 Å². The number of rotatable bonds is 6. The fourth-order valence-electron chi connectivity index (χ4n) is 2.40. The Labute approximate surface area is 178 Å². The number of carbonyl (C=O) groups excluding carboxylic acids is 1. The Morgan fingerprint density at radius 3 is 2.75 bits per heavy atom. The Morgan fingerprint density at radius 1 is 1.29 bits per heavy atom. The fraction of sp³-hybridized carbons (Fsp3) is 0.105. The van der Waals surface area contributed by atoms with Crippen molar-refractivity contribution in [2.45, 2.75) is 6.54 Å². The molecule has 3 aromatic rings. The molecule has 0 fully saturated rings. The molecule has 0 bridgehead atoms. The number of phenols is 1. The van der Waals surface area contributed by atoms with E-state index in [0.717, 1.165) is 10.0 Å². The molecule has 9 heteroatoms. The summed E-state index contributed by atoms with van der Waals surface area (Å²) in [6, 6.07) is 12.6. The first-order valence-electron chi connectivity index (χ1n) is 8.14. The number of methoxy groups -OCH3 is 1. The number of aromatic hydroxyl groups is 1. The number of halogens is 2. The summed E-state index contributed by atoms with van der Waals surface area (Å²) in [5, 5.41) is 17.8. The van der Waals surface area contributed by atoms with Crippen molar-refractivity contribution in [3.05, 3.63) is 74.4 Å². The molecular formula is C19H16Br2N4O3. The van der Waals surface area contributed by atoms with E-state index in [9.17, 15) is 9.90 Å². The Hall–Kier alpha value is -2.65. The second kappa shape index (κ2) is 9.03. The topological polar surface area (TPSA) is 88.7 Å². The highest BCUT2D eigenvalue weighted by atomic mass is 79.9. The minimum absolute atomic E-state index is 0.0314. The van der Waals surface area contributed by atoms with E-state index in [2.05, 4.69) is 47.5 Å². The van der Waals surface area contributed by atoms with Gasteiger partial charge in [0.25, 0.3) is 5.91 Å². The lowest BCUT2D eigenvalue weighted by atomic mass is 10.2. The van der Waals surface area contributed by atoms with Gasteiger partial charge < -0.3 is 9.84 Å². The summed E-state index contributed by atoms with van der Waals surface area (Å²) in [7, 11) is 1.46. The molecule has 144 valence electrons. The lowest BCUT2D eigenvalue weighted by molar-refractivity contribution is 0.0948. The van der Waals surface area contributed by atoms with Gasteiger partial charge in [0.15, 0.2) is 17.2 Å². The van der Waals surface area contributed by atoms with Crippen LogP contribution >= 0.6 is 31.9 Å². The molecule has 2 N–H and O–H groups in total. The first-order valence-corrected chi connectivity index (χ1v) is 9.72.